The van der Waals surface area contributed by atoms with Crippen LogP contribution in [0.4, 0.5) is 0 Å². The fraction of sp³-hybridized carbons (Fsp3) is 0.391. The van der Waals surface area contributed by atoms with Gasteiger partial charge in [0.05, 0.1) is 39.6 Å². The van der Waals surface area contributed by atoms with Gasteiger partial charge >= 0.3 is 0 Å². The van der Waals surface area contributed by atoms with Crippen LogP contribution in [0.1, 0.15) is 93.7 Å². The van der Waals surface area contributed by atoms with E-state index in [0.29, 0.717) is 56.5 Å². The highest BCUT2D eigenvalue weighted by Gasteiger charge is 2.07. The van der Waals surface area contributed by atoms with Gasteiger partial charge in [0.2, 0.25) is 0 Å². The second-order valence-electron chi connectivity index (χ2n) is 13.9. The van der Waals surface area contributed by atoms with E-state index < -0.39 is 0 Å². The molecule has 0 amide bonds. The summed E-state index contributed by atoms with van der Waals surface area (Å²) in [7, 11) is 0. The number of nitrogens with two attached hydrogens (primary N) is 3. The maximum Gasteiger partial charge on any atom is 0.126 e. The molecular formula is C46H61N5O6. The first kappa shape index (κ1) is 43.9. The van der Waals surface area contributed by atoms with E-state index in [0.717, 1.165) is 117 Å². The molecule has 4 aromatic rings. The van der Waals surface area contributed by atoms with Crippen molar-refractivity contribution in [2.45, 2.75) is 77.0 Å². The summed E-state index contributed by atoms with van der Waals surface area (Å²) in [6.45, 7) is 7.53. The van der Waals surface area contributed by atoms with Gasteiger partial charge < -0.3 is 45.6 Å². The summed E-state index contributed by atoms with van der Waals surface area (Å²) >= 11 is 0. The fourth-order valence-corrected chi connectivity index (χ4v) is 5.84. The number of nitrogens with one attached hydrogen (secondary N) is 2. The normalized spacial score (nSPS) is 10.7. The van der Waals surface area contributed by atoms with Crippen molar-refractivity contribution in [2.75, 3.05) is 39.6 Å². The molecule has 4 rings (SSSR count). The summed E-state index contributed by atoms with van der Waals surface area (Å²) in [5.41, 5.74) is 19.6. The zero-order valence-corrected chi connectivity index (χ0v) is 33.3. The Balaban J connectivity index is 1.13. The van der Waals surface area contributed by atoms with Crippen molar-refractivity contribution in [3.05, 3.63) is 114 Å². The molecule has 11 nitrogen and oxygen atoms in total. The first-order valence-electron chi connectivity index (χ1n) is 20.1. The molecule has 0 aliphatic rings. The molecule has 0 aliphatic carbocycles. The zero-order valence-electron chi connectivity index (χ0n) is 33.3. The molecule has 0 heterocycles. The van der Waals surface area contributed by atoms with Gasteiger partial charge in [0.1, 0.15) is 46.2 Å². The number of nitrogen functional groups attached to an aromatic ring is 2. The van der Waals surface area contributed by atoms with Gasteiger partial charge in [-0.1, -0.05) is 6.58 Å². The second-order valence-corrected chi connectivity index (χ2v) is 13.9. The van der Waals surface area contributed by atoms with E-state index in [2.05, 4.69) is 6.58 Å². The van der Waals surface area contributed by atoms with Gasteiger partial charge in [0.15, 0.2) is 0 Å². The molecule has 0 unspecified atom stereocenters. The van der Waals surface area contributed by atoms with Gasteiger partial charge in [-0.25, -0.2) is 0 Å². The van der Waals surface area contributed by atoms with E-state index in [1.807, 2.05) is 66.7 Å². The van der Waals surface area contributed by atoms with Crippen LogP contribution in [0.2, 0.25) is 0 Å². The predicted octanol–water partition coefficient (Wildman–Crippen LogP) is 9.24. The fourth-order valence-electron chi connectivity index (χ4n) is 5.84. The lowest BCUT2D eigenvalue weighted by atomic mass is 10.2. The highest BCUT2D eigenvalue weighted by molar-refractivity contribution is 5.95. The molecule has 0 saturated carbocycles. The molecule has 0 radical (unpaired) electrons. The van der Waals surface area contributed by atoms with Crippen LogP contribution in [0.3, 0.4) is 0 Å². The summed E-state index contributed by atoms with van der Waals surface area (Å²) in [5.74, 6) is 4.75. The standard InChI is InChI=1S/C46H61N5O6/c1-35(47)36-14-20-39(21-15-36)52-26-8-2-5-11-29-55-42-32-43(56-30-12-6-3-9-27-53-40-22-16-37(17-23-40)45(48)49)34-44(33-42)57-31-13-7-4-10-28-54-41-24-18-38(19-25-41)46(50)51/h14-25,32-34H,1-13,26-31,47H2,(H3,48,49)(H3,50,51). The number of hydrogen-bond acceptors (Lipinski definition) is 9. The third-order valence-electron chi connectivity index (χ3n) is 9.14. The molecule has 0 spiro atoms. The quantitative estimate of drug-likeness (QED) is 0.0196. The number of hydrogen-bond donors (Lipinski definition) is 5. The van der Waals surface area contributed by atoms with Gasteiger partial charge in [-0.2, -0.15) is 0 Å². The third kappa shape index (κ3) is 17.7. The Morgan fingerprint density at radius 1 is 0.351 bits per heavy atom. The number of unbranched alkanes of at least 4 members (excludes halogenated alkanes) is 9. The van der Waals surface area contributed by atoms with Crippen molar-refractivity contribution in [3.63, 3.8) is 0 Å². The Kier molecular flexibility index (Phi) is 19.5. The van der Waals surface area contributed by atoms with Crippen LogP contribution in [0.15, 0.2) is 97.6 Å². The number of ether oxygens (including phenoxy) is 6. The van der Waals surface area contributed by atoms with Crippen molar-refractivity contribution in [2.24, 2.45) is 17.2 Å². The van der Waals surface area contributed by atoms with E-state index in [4.69, 9.17) is 56.4 Å². The number of benzene rings is 4. The van der Waals surface area contributed by atoms with Crippen molar-refractivity contribution in [1.82, 2.24) is 0 Å². The molecule has 4 aromatic carbocycles. The Bertz CT molecular complexity index is 1560. The topological polar surface area (TPSA) is 181 Å². The maximum atomic E-state index is 7.51. The summed E-state index contributed by atoms with van der Waals surface area (Å²) < 4.78 is 36.0. The smallest absolute Gasteiger partial charge is 0.126 e. The molecule has 0 aromatic heterocycles. The van der Waals surface area contributed by atoms with Crippen LogP contribution in [0.25, 0.3) is 5.70 Å². The summed E-state index contributed by atoms with van der Waals surface area (Å²) in [4.78, 5) is 0. The van der Waals surface area contributed by atoms with Crippen LogP contribution in [0.5, 0.6) is 34.5 Å². The summed E-state index contributed by atoms with van der Waals surface area (Å²) in [6.07, 6.45) is 11.9. The van der Waals surface area contributed by atoms with E-state index in [1.165, 1.54) is 0 Å². The van der Waals surface area contributed by atoms with Crippen molar-refractivity contribution < 1.29 is 28.4 Å². The average Bonchev–Trinajstić information content (AvgIpc) is 3.21. The van der Waals surface area contributed by atoms with Gasteiger partial charge in [0, 0.05) is 35.0 Å². The molecular weight excluding hydrogens is 719 g/mol. The van der Waals surface area contributed by atoms with Crippen LogP contribution in [0, 0.1) is 10.8 Å². The lowest BCUT2D eigenvalue weighted by Crippen LogP contribution is -2.10. The van der Waals surface area contributed by atoms with Crippen molar-refractivity contribution in [3.8, 4) is 34.5 Å². The van der Waals surface area contributed by atoms with Gasteiger partial charge in [0.25, 0.3) is 0 Å². The summed E-state index contributed by atoms with van der Waals surface area (Å²) in [5, 5.41) is 15.0. The Labute approximate surface area is 338 Å². The molecule has 0 fully saturated rings. The maximum absolute atomic E-state index is 7.51. The van der Waals surface area contributed by atoms with Crippen LogP contribution >= 0.6 is 0 Å². The second kappa shape index (κ2) is 25.3. The number of rotatable bonds is 30. The molecule has 306 valence electrons. The van der Waals surface area contributed by atoms with E-state index in [1.54, 1.807) is 24.3 Å². The Morgan fingerprint density at radius 3 is 0.807 bits per heavy atom. The van der Waals surface area contributed by atoms with Crippen LogP contribution < -0.4 is 45.6 Å². The van der Waals surface area contributed by atoms with Crippen LogP contribution in [-0.4, -0.2) is 51.3 Å². The molecule has 11 heteroatoms. The lowest BCUT2D eigenvalue weighted by molar-refractivity contribution is 0.269. The van der Waals surface area contributed by atoms with E-state index in [9.17, 15) is 0 Å². The molecule has 0 bridgehead atoms. The predicted molar refractivity (Wildman–Crippen MR) is 229 cm³/mol. The average molecular weight is 780 g/mol. The van der Waals surface area contributed by atoms with Gasteiger partial charge in [-0.3, -0.25) is 10.8 Å². The zero-order chi connectivity index (χ0) is 40.5. The van der Waals surface area contributed by atoms with Crippen molar-refractivity contribution >= 4 is 17.4 Å². The minimum Gasteiger partial charge on any atom is -0.494 e. The Hall–Kier alpha value is -5.84. The minimum atomic E-state index is 0.0523. The highest BCUT2D eigenvalue weighted by Crippen LogP contribution is 2.29. The van der Waals surface area contributed by atoms with Gasteiger partial charge in [-0.15, -0.1) is 0 Å². The third-order valence-corrected chi connectivity index (χ3v) is 9.14. The highest BCUT2D eigenvalue weighted by atomic mass is 16.5. The first-order chi connectivity index (χ1) is 27.8. The number of amidine groups is 2. The van der Waals surface area contributed by atoms with Gasteiger partial charge in [-0.05, 0) is 155 Å². The summed E-state index contributed by atoms with van der Waals surface area (Å²) in [6, 6.07) is 28.1. The first-order valence-corrected chi connectivity index (χ1v) is 20.1. The largest absolute Gasteiger partial charge is 0.494 e. The molecule has 57 heavy (non-hydrogen) atoms. The minimum absolute atomic E-state index is 0.0523. The molecule has 0 aliphatic heterocycles. The van der Waals surface area contributed by atoms with E-state index >= 15 is 0 Å². The van der Waals surface area contributed by atoms with Crippen molar-refractivity contribution in [1.29, 1.82) is 10.8 Å². The van der Waals surface area contributed by atoms with E-state index in [-0.39, 0.29) is 11.7 Å². The molecule has 0 saturated heterocycles. The SMILES string of the molecule is C=C(N)c1ccc(OCCCCCCOc2cc(OCCCCCCOc3ccc(C(=N)N)cc3)cc(OCCCCCCOc3ccc(C(=N)N)cc3)c2)cc1. The molecule has 8 N–H and O–H groups in total. The molecule has 0 atom stereocenters. The van der Waals surface area contributed by atoms with Crippen LogP contribution in [-0.2, 0) is 0 Å². The Morgan fingerprint density at radius 2 is 0.579 bits per heavy atom. The lowest BCUT2D eigenvalue weighted by Gasteiger charge is -2.14. The monoisotopic (exact) mass is 779 g/mol.